The topological polar surface area (TPSA) is 302 Å². The molecule has 9 aromatic rings. The Hall–Kier alpha value is -11.6. The van der Waals surface area contributed by atoms with Crippen molar-refractivity contribution < 1.29 is 68.3 Å². The van der Waals surface area contributed by atoms with Crippen LogP contribution in [-0.2, 0) is 18.5 Å². The van der Waals surface area contributed by atoms with Crippen molar-refractivity contribution in [2.24, 2.45) is 0 Å². The zero-order chi connectivity index (χ0) is 71.2. The molecule has 9 rings (SSSR count). The van der Waals surface area contributed by atoms with E-state index in [-0.39, 0.29) is 96.6 Å². The average molecular weight is 1370 g/mol. The Morgan fingerprint density at radius 3 is 1.00 bits per heavy atom. The third-order valence-electron chi connectivity index (χ3n) is 13.3. The van der Waals surface area contributed by atoms with Gasteiger partial charge in [-0.25, -0.2) is 29.9 Å². The molecule has 0 aliphatic carbocycles. The zero-order valence-electron chi connectivity index (χ0n) is 52.2. The highest BCUT2D eigenvalue weighted by Crippen LogP contribution is 2.41. The summed E-state index contributed by atoms with van der Waals surface area (Å²) in [5.41, 5.74) is 4.24. The normalized spacial score (nSPS) is 10.9. The Labute approximate surface area is 553 Å². The number of hydrogen-bond acceptors (Lipinski definition) is 18. The van der Waals surface area contributed by atoms with Crippen molar-refractivity contribution in [2.45, 2.75) is 58.6 Å². The van der Waals surface area contributed by atoms with Gasteiger partial charge in [0.1, 0.15) is 34.2 Å². The third-order valence-corrected chi connectivity index (χ3v) is 13.5. The van der Waals surface area contributed by atoms with E-state index >= 15 is 0 Å². The van der Waals surface area contributed by atoms with E-state index in [1.54, 1.807) is 74.5 Å². The zero-order valence-corrected chi connectivity index (χ0v) is 53.0. The van der Waals surface area contributed by atoms with Crippen LogP contribution in [0.5, 0.6) is 0 Å². The number of nitrogens with zero attached hydrogens (tertiary/aromatic N) is 6. The van der Waals surface area contributed by atoms with Crippen LogP contribution >= 0.6 is 11.6 Å². The number of hydrogen-bond donors (Lipinski definition) is 9. The van der Waals surface area contributed by atoms with Crippen molar-refractivity contribution in [3.8, 4) is 0 Å². The minimum absolute atomic E-state index is 0.0755. The first-order chi connectivity index (χ1) is 46.0. The number of anilines is 11. The van der Waals surface area contributed by atoms with Gasteiger partial charge < -0.3 is 48.3 Å². The number of Topliss-reactive ketones (excluding diaryl/α,β-unsaturated/α-hetero) is 3. The number of halogens is 10. The summed E-state index contributed by atoms with van der Waals surface area (Å²) in [5.74, 6) is -0.348. The standard InChI is InChI=1S/2C22H20F3N5O2.C14H11ClF3N3O.C8H10N2O/c2*1-3-18(31)13-8-9-27-19(10-13)30-20-11-17(15(12-28-20)22(23,24)25)29-16-7-5-4-6-14(16)21(32)26-2;1-19-13(22)8-4-2-3-5-10(8)21-11-6-12(15)20-7-9(11)14(16,17)18;1-2-7(11)6-3-4-10-8(9)5-6/h2*4-12H,3H2,1-2H3,(H,26,32)(H2,27,28,29,30);2-7H,1H3,(H,19,22)(H,20,21);3-5H,2H2,1H3,(H2,9,10). The molecule has 0 saturated heterocycles. The summed E-state index contributed by atoms with van der Waals surface area (Å²) in [4.78, 5) is 93.9. The molecule has 6 aromatic heterocycles. The predicted molar refractivity (Wildman–Crippen MR) is 350 cm³/mol. The molecule has 0 radical (unpaired) electrons. The Kier molecular flexibility index (Phi) is 26.1. The molecule has 0 spiro atoms. The lowest BCUT2D eigenvalue weighted by Gasteiger charge is -2.17. The maximum absolute atomic E-state index is 13.6. The summed E-state index contributed by atoms with van der Waals surface area (Å²) in [6.45, 7) is 5.27. The van der Waals surface area contributed by atoms with E-state index in [4.69, 9.17) is 17.3 Å². The Balaban J connectivity index is 0.000000216. The monoisotopic (exact) mass is 1370 g/mol. The summed E-state index contributed by atoms with van der Waals surface area (Å²) in [6, 6.07) is 31.4. The Bertz CT molecular complexity index is 4110. The van der Waals surface area contributed by atoms with Crippen LogP contribution in [-0.4, -0.2) is 86.1 Å². The average Bonchev–Trinajstić information content (AvgIpc) is 0.842. The Morgan fingerprint density at radius 2 is 0.680 bits per heavy atom. The van der Waals surface area contributed by atoms with Gasteiger partial charge in [-0.3, -0.25) is 28.8 Å². The summed E-state index contributed by atoms with van der Waals surface area (Å²) in [6.07, 6.45) is -6.42. The van der Waals surface area contributed by atoms with Crippen molar-refractivity contribution >= 4 is 110 Å². The van der Waals surface area contributed by atoms with Crippen LogP contribution < -0.4 is 48.3 Å². The smallest absolute Gasteiger partial charge is 0.384 e. The molecular formula is C66H61ClF9N15O6. The third kappa shape index (κ3) is 21.2. The van der Waals surface area contributed by atoms with Crippen LogP contribution in [0.1, 0.15) is 119 Å². The molecule has 21 nitrogen and oxygen atoms in total. The van der Waals surface area contributed by atoms with E-state index in [0.717, 1.165) is 6.07 Å². The van der Waals surface area contributed by atoms with Gasteiger partial charge in [0.2, 0.25) is 0 Å². The molecule has 0 saturated carbocycles. The van der Waals surface area contributed by atoms with Crippen molar-refractivity contribution in [1.29, 1.82) is 0 Å². The summed E-state index contributed by atoms with van der Waals surface area (Å²) < 4.78 is 121. The number of nitrogens with two attached hydrogens (primary N) is 1. The molecule has 6 heterocycles. The molecule has 3 aromatic carbocycles. The predicted octanol–water partition coefficient (Wildman–Crippen LogP) is 15.0. The lowest BCUT2D eigenvalue weighted by molar-refractivity contribution is -0.138. The first-order valence-electron chi connectivity index (χ1n) is 28.9. The van der Waals surface area contributed by atoms with Gasteiger partial charge in [0.15, 0.2) is 17.3 Å². The van der Waals surface area contributed by atoms with Crippen LogP contribution in [0, 0.1) is 0 Å². The van der Waals surface area contributed by atoms with Crippen LogP contribution in [0.2, 0.25) is 5.15 Å². The number of nitrogen functional groups attached to an aromatic ring is 1. The molecule has 506 valence electrons. The second-order valence-corrected chi connectivity index (χ2v) is 20.3. The maximum atomic E-state index is 13.6. The van der Waals surface area contributed by atoms with Crippen LogP contribution in [0.4, 0.5) is 103 Å². The SMILES string of the molecule is CCC(=O)c1ccnc(N)c1.CCC(=O)c1ccnc(Nc2cc(Nc3ccccc3C(=O)NC)c(C(F)(F)F)cn2)c1.CCC(=O)c1ccnc(Nc2cc(Nc3ccccc3C(=O)NC)c(C(F)(F)F)cn2)c1.CNC(=O)c1ccccc1Nc1cc(Cl)ncc1C(F)(F)F. The summed E-state index contributed by atoms with van der Waals surface area (Å²) >= 11 is 5.67. The number of ketones is 3. The van der Waals surface area contributed by atoms with E-state index < -0.39 is 52.9 Å². The number of carbonyl (C=O) groups is 6. The van der Waals surface area contributed by atoms with E-state index in [1.165, 1.54) is 100 Å². The van der Waals surface area contributed by atoms with E-state index in [2.05, 4.69) is 72.4 Å². The number of alkyl halides is 9. The second kappa shape index (κ2) is 34.0. The van der Waals surface area contributed by atoms with Crippen LogP contribution in [0.25, 0.3) is 0 Å². The van der Waals surface area contributed by atoms with Gasteiger partial charge in [-0.1, -0.05) is 68.8 Å². The molecule has 3 amide bonds. The number of nitrogens with one attached hydrogen (secondary N) is 8. The van der Waals surface area contributed by atoms with Gasteiger partial charge in [-0.15, -0.1) is 0 Å². The molecule has 0 aliphatic heterocycles. The van der Waals surface area contributed by atoms with E-state index in [9.17, 15) is 68.3 Å². The van der Waals surface area contributed by atoms with Gasteiger partial charge >= 0.3 is 18.5 Å². The lowest BCUT2D eigenvalue weighted by Crippen LogP contribution is -2.19. The molecule has 0 atom stereocenters. The first-order valence-corrected chi connectivity index (χ1v) is 29.3. The van der Waals surface area contributed by atoms with Crippen molar-refractivity contribution in [1.82, 2.24) is 45.9 Å². The number of carbonyl (C=O) groups excluding carboxylic acids is 6. The number of pyridine rings is 6. The highest BCUT2D eigenvalue weighted by molar-refractivity contribution is 6.29. The lowest BCUT2D eigenvalue weighted by atomic mass is 10.1. The summed E-state index contributed by atoms with van der Waals surface area (Å²) in [5, 5.41) is 20.9. The fourth-order valence-electron chi connectivity index (χ4n) is 8.52. The molecule has 10 N–H and O–H groups in total. The first kappa shape index (κ1) is 74.5. The number of rotatable bonds is 19. The van der Waals surface area contributed by atoms with Crippen LogP contribution in [0.15, 0.2) is 165 Å². The van der Waals surface area contributed by atoms with Gasteiger partial charge in [0, 0.05) is 106 Å². The fraction of sp³-hybridized carbons (Fsp3) is 0.182. The fourth-order valence-corrected chi connectivity index (χ4v) is 8.67. The number of aromatic nitrogens is 6. The van der Waals surface area contributed by atoms with Gasteiger partial charge in [0.25, 0.3) is 17.7 Å². The molecule has 31 heteroatoms. The molecule has 97 heavy (non-hydrogen) atoms. The maximum Gasteiger partial charge on any atom is 0.419 e. The highest BCUT2D eigenvalue weighted by atomic mass is 35.5. The number of amides is 3. The van der Waals surface area contributed by atoms with Crippen LogP contribution in [0.3, 0.4) is 0 Å². The molecule has 0 aliphatic rings. The number of benzene rings is 3. The van der Waals surface area contributed by atoms with Crippen molar-refractivity contribution in [3.63, 3.8) is 0 Å². The largest absolute Gasteiger partial charge is 0.419 e. The van der Waals surface area contributed by atoms with Gasteiger partial charge in [-0.2, -0.15) is 39.5 Å². The van der Waals surface area contributed by atoms with E-state index in [1.807, 2.05) is 6.92 Å². The molecule has 0 fully saturated rings. The van der Waals surface area contributed by atoms with Crippen molar-refractivity contribution in [3.05, 3.63) is 220 Å². The van der Waals surface area contributed by atoms with E-state index in [0.29, 0.717) is 60.4 Å². The van der Waals surface area contributed by atoms with Crippen molar-refractivity contribution in [2.75, 3.05) is 53.5 Å². The summed E-state index contributed by atoms with van der Waals surface area (Å²) in [7, 11) is 4.29. The molecule has 0 unspecified atom stereocenters. The quantitative estimate of drug-likeness (QED) is 0.0206. The highest BCUT2D eigenvalue weighted by Gasteiger charge is 2.37. The molecular weight excluding hydrogens is 1310 g/mol. The second-order valence-electron chi connectivity index (χ2n) is 19.9. The Morgan fingerprint density at radius 1 is 0.381 bits per heavy atom. The number of para-hydroxylation sites is 3. The van der Waals surface area contributed by atoms with Gasteiger partial charge in [0.05, 0.1) is 67.5 Å². The van der Waals surface area contributed by atoms with Gasteiger partial charge in [-0.05, 0) is 78.9 Å². The minimum atomic E-state index is -4.68. The minimum Gasteiger partial charge on any atom is -0.384 e. The molecule has 0 bridgehead atoms.